The zero-order valence-corrected chi connectivity index (χ0v) is 29.1. The molecule has 2 aromatic rings. The van der Waals surface area contributed by atoms with Crippen LogP contribution in [0.4, 0.5) is 13.2 Å². The average Bonchev–Trinajstić information content (AvgIpc) is 3.55. The Morgan fingerprint density at radius 1 is 1.04 bits per heavy atom. The number of ether oxygens (including phenoxy) is 2. The molecule has 4 aliphatic rings. The third-order valence-corrected chi connectivity index (χ3v) is 12.0. The number of aliphatic hydroxyl groups excluding tert-OH is 3. The third-order valence-electron chi connectivity index (χ3n) is 12.0. The molecule has 276 valence electrons. The first-order valence-electron chi connectivity index (χ1n) is 18.4. The predicted octanol–water partition coefficient (Wildman–Crippen LogP) is 7.51. The number of aryl methyl sites for hydroxylation is 1. The minimum Gasteiger partial charge on any atom is -0.491 e. The van der Waals surface area contributed by atoms with Crippen LogP contribution in [0, 0.1) is 29.1 Å². The zero-order valence-electron chi connectivity index (χ0n) is 29.1. The summed E-state index contributed by atoms with van der Waals surface area (Å²) in [6.07, 6.45) is 7.71. The van der Waals surface area contributed by atoms with Gasteiger partial charge in [-0.25, -0.2) is 0 Å². The van der Waals surface area contributed by atoms with Gasteiger partial charge in [-0.1, -0.05) is 43.4 Å². The maximum absolute atomic E-state index is 12.9. The Morgan fingerprint density at radius 3 is 2.67 bits per heavy atom. The van der Waals surface area contributed by atoms with E-state index in [9.17, 15) is 38.1 Å². The highest BCUT2D eigenvalue weighted by atomic mass is 19.4. The number of hydrogen-bond donors (Lipinski definition) is 3. The Bertz CT molecular complexity index is 1620. The molecule has 0 aliphatic heterocycles. The number of carbonyl (C=O) groups is 2. The van der Waals surface area contributed by atoms with Crippen LogP contribution < -0.4 is 9.47 Å². The van der Waals surface area contributed by atoms with E-state index in [0.29, 0.717) is 48.5 Å². The molecule has 7 nitrogen and oxygen atoms in total. The monoisotopic (exact) mass is 710 g/mol. The van der Waals surface area contributed by atoms with Crippen LogP contribution in [-0.2, 0) is 22.2 Å². The van der Waals surface area contributed by atoms with Crippen molar-refractivity contribution in [2.24, 2.45) is 29.1 Å². The molecule has 0 bridgehead atoms. The molecule has 1 unspecified atom stereocenters. The van der Waals surface area contributed by atoms with Crippen molar-refractivity contribution >= 4 is 11.8 Å². The first-order chi connectivity index (χ1) is 24.3. The van der Waals surface area contributed by atoms with Crippen molar-refractivity contribution in [3.8, 4) is 11.5 Å². The van der Waals surface area contributed by atoms with Crippen LogP contribution in [0.2, 0.25) is 0 Å². The lowest BCUT2D eigenvalue weighted by Crippen LogP contribution is -2.42. The fraction of sp³-hybridized carbons (Fsp3) is 0.561. The molecule has 10 heteroatoms. The standard InChI is InChI=1S/C41H49F3O7/c1-40-20-19-31-30-16-13-29(21-25(30)11-14-32(31)35(40)17-18-38(40)48)51-39(49)10-5-3-2-4-9-33-34(37(47)23-36(33)46)15-12-27(45)24-50-28-8-6-7-26(22-28)41(42,43)44/h2,4,6-8,12-13,15-16,21-22,27,31-37,45-47H,3,5,9-11,14,17-20,23-24H2,1H3/b4-2-,15-12+/t27-,31?,32-,33-,34-,35+,36+,37-,40+/m1/s1. The van der Waals surface area contributed by atoms with Crippen LogP contribution in [0.1, 0.15) is 93.7 Å². The molecule has 0 amide bonds. The van der Waals surface area contributed by atoms with Crippen LogP contribution in [0.15, 0.2) is 66.8 Å². The molecule has 4 aliphatic carbocycles. The molecule has 51 heavy (non-hydrogen) atoms. The molecule has 0 radical (unpaired) electrons. The van der Waals surface area contributed by atoms with E-state index < -0.39 is 36.0 Å². The van der Waals surface area contributed by atoms with Gasteiger partial charge in [0, 0.05) is 30.6 Å². The number of allylic oxidation sites excluding steroid dienone is 2. The molecule has 3 fully saturated rings. The Kier molecular flexibility index (Phi) is 11.4. The van der Waals surface area contributed by atoms with Gasteiger partial charge in [-0.15, -0.1) is 0 Å². The number of benzene rings is 2. The molecule has 9 atom stereocenters. The van der Waals surface area contributed by atoms with Gasteiger partial charge >= 0.3 is 12.1 Å². The Morgan fingerprint density at radius 2 is 1.86 bits per heavy atom. The van der Waals surface area contributed by atoms with Crippen LogP contribution in [-0.4, -0.2) is 52.0 Å². The zero-order chi connectivity index (χ0) is 36.3. The minimum absolute atomic E-state index is 0.0158. The largest absolute Gasteiger partial charge is 0.491 e. The average molecular weight is 711 g/mol. The van der Waals surface area contributed by atoms with Crippen molar-refractivity contribution in [3.63, 3.8) is 0 Å². The van der Waals surface area contributed by atoms with Crippen LogP contribution >= 0.6 is 0 Å². The Balaban J connectivity index is 0.924. The third kappa shape index (κ3) is 8.44. The van der Waals surface area contributed by atoms with E-state index in [2.05, 4.69) is 13.0 Å². The molecule has 3 saturated carbocycles. The van der Waals surface area contributed by atoms with E-state index in [-0.39, 0.29) is 42.5 Å². The topological polar surface area (TPSA) is 113 Å². The molecule has 2 aromatic carbocycles. The number of hydrogen-bond acceptors (Lipinski definition) is 7. The molecule has 0 heterocycles. The van der Waals surface area contributed by atoms with E-state index >= 15 is 0 Å². The number of fused-ring (bicyclic) bond motifs is 5. The summed E-state index contributed by atoms with van der Waals surface area (Å²) in [5, 5.41) is 31.4. The summed E-state index contributed by atoms with van der Waals surface area (Å²) in [6, 6.07) is 10.5. The fourth-order valence-corrected chi connectivity index (χ4v) is 9.27. The minimum atomic E-state index is -4.50. The number of unbranched alkanes of at least 4 members (excludes halogenated alkanes) is 1. The van der Waals surface area contributed by atoms with Gasteiger partial charge in [0.15, 0.2) is 0 Å². The predicted molar refractivity (Wildman–Crippen MR) is 185 cm³/mol. The van der Waals surface area contributed by atoms with Gasteiger partial charge in [0.25, 0.3) is 0 Å². The van der Waals surface area contributed by atoms with Gasteiger partial charge in [-0.2, -0.15) is 13.2 Å². The second kappa shape index (κ2) is 15.6. The highest BCUT2D eigenvalue weighted by Gasteiger charge is 2.54. The van der Waals surface area contributed by atoms with E-state index in [4.69, 9.17) is 9.47 Å². The van der Waals surface area contributed by atoms with Crippen LogP contribution in [0.3, 0.4) is 0 Å². The highest BCUT2D eigenvalue weighted by molar-refractivity contribution is 5.87. The van der Waals surface area contributed by atoms with E-state index in [1.165, 1.54) is 29.3 Å². The first kappa shape index (κ1) is 37.3. The molecule has 0 spiro atoms. The van der Waals surface area contributed by atoms with Crippen molar-refractivity contribution < 1.29 is 47.6 Å². The number of halogens is 3. The van der Waals surface area contributed by atoms with Crippen molar-refractivity contribution in [1.29, 1.82) is 0 Å². The van der Waals surface area contributed by atoms with E-state index in [1.54, 1.807) is 6.08 Å². The first-order valence-corrected chi connectivity index (χ1v) is 18.4. The van der Waals surface area contributed by atoms with E-state index in [0.717, 1.165) is 50.7 Å². The van der Waals surface area contributed by atoms with E-state index in [1.807, 2.05) is 24.3 Å². The smallest absolute Gasteiger partial charge is 0.416 e. The number of carbonyl (C=O) groups excluding carboxylic acids is 2. The van der Waals surface area contributed by atoms with Gasteiger partial charge in [-0.05, 0) is 116 Å². The lowest BCUT2D eigenvalue weighted by molar-refractivity contribution is -0.138. The summed E-state index contributed by atoms with van der Waals surface area (Å²) in [6.45, 7) is 1.91. The van der Waals surface area contributed by atoms with Gasteiger partial charge < -0.3 is 24.8 Å². The highest BCUT2D eigenvalue weighted by Crippen LogP contribution is 2.59. The van der Waals surface area contributed by atoms with Crippen molar-refractivity contribution in [2.45, 2.75) is 108 Å². The molecule has 0 saturated heterocycles. The number of aliphatic hydroxyl groups is 3. The summed E-state index contributed by atoms with van der Waals surface area (Å²) >= 11 is 0. The molecular formula is C41H49F3O7. The lowest BCUT2D eigenvalue weighted by Gasteiger charge is -2.48. The van der Waals surface area contributed by atoms with Gasteiger partial charge in [0.1, 0.15) is 30.0 Å². The number of esters is 1. The molecule has 6 rings (SSSR count). The van der Waals surface area contributed by atoms with Crippen LogP contribution in [0.25, 0.3) is 0 Å². The lowest BCUT2D eigenvalue weighted by atomic mass is 9.55. The maximum atomic E-state index is 12.9. The van der Waals surface area contributed by atoms with Gasteiger partial charge in [0.2, 0.25) is 0 Å². The Hall–Kier alpha value is -3.47. The number of alkyl halides is 3. The maximum Gasteiger partial charge on any atom is 0.416 e. The quantitative estimate of drug-likeness (QED) is 0.0905. The van der Waals surface area contributed by atoms with Crippen molar-refractivity contribution in [2.75, 3.05) is 6.61 Å². The van der Waals surface area contributed by atoms with Crippen LogP contribution in [0.5, 0.6) is 11.5 Å². The fourth-order valence-electron chi connectivity index (χ4n) is 9.27. The summed E-state index contributed by atoms with van der Waals surface area (Å²) in [5.74, 6) is 1.52. The molecule has 3 N–H and O–H groups in total. The van der Waals surface area contributed by atoms with Gasteiger partial charge in [-0.3, -0.25) is 9.59 Å². The molecule has 0 aromatic heterocycles. The normalized spacial score (nSPS) is 31.0. The summed E-state index contributed by atoms with van der Waals surface area (Å²) in [4.78, 5) is 25.3. The molecular weight excluding hydrogens is 661 g/mol. The number of ketones is 1. The summed E-state index contributed by atoms with van der Waals surface area (Å²) in [7, 11) is 0. The second-order valence-corrected chi connectivity index (χ2v) is 15.2. The summed E-state index contributed by atoms with van der Waals surface area (Å²) < 4.78 is 49.9. The SMILES string of the molecule is C[C@]12CCC3c4ccc(OC(=O)CCC/C=C\C[C@@H]5[C@@H](/C=C/[C@@H](O)COc6cccc(C(F)(F)F)c6)[C@H](O)C[C@@H]5O)cc4CC[C@H]3[C@@H]1CCC2=O. The van der Waals surface area contributed by atoms with Crippen molar-refractivity contribution in [3.05, 3.63) is 83.5 Å². The van der Waals surface area contributed by atoms with Crippen molar-refractivity contribution in [1.82, 2.24) is 0 Å². The number of Topliss-reactive ketones (excluding diaryl/α,β-unsaturated/α-hetero) is 1. The number of rotatable bonds is 12. The summed E-state index contributed by atoms with van der Waals surface area (Å²) in [5.41, 5.74) is 1.62. The Labute approximate surface area is 297 Å². The van der Waals surface area contributed by atoms with Gasteiger partial charge in [0.05, 0.1) is 17.8 Å². The second-order valence-electron chi connectivity index (χ2n) is 15.2.